The van der Waals surface area contributed by atoms with E-state index in [-0.39, 0.29) is 12.5 Å². The van der Waals surface area contributed by atoms with E-state index in [4.69, 9.17) is 35.4 Å². The van der Waals surface area contributed by atoms with Crippen molar-refractivity contribution in [2.75, 3.05) is 32.2 Å². The zero-order chi connectivity index (χ0) is 24.5. The zero-order valence-electron chi connectivity index (χ0n) is 19.2. The largest absolute Gasteiger partial charge is 0.493 e. The van der Waals surface area contributed by atoms with Gasteiger partial charge in [0.05, 0.1) is 26.5 Å². The van der Waals surface area contributed by atoms with E-state index in [0.29, 0.717) is 53.5 Å². The predicted octanol–water partition coefficient (Wildman–Crippen LogP) is 5.08. The Morgan fingerprint density at radius 1 is 1.03 bits per heavy atom. The molecule has 0 aromatic heterocycles. The molecule has 0 saturated carbocycles. The smallest absolute Gasteiger partial charge is 0.265 e. The fourth-order valence-corrected chi connectivity index (χ4v) is 3.38. The molecule has 1 aliphatic rings. The van der Waals surface area contributed by atoms with Crippen LogP contribution in [0.5, 0.6) is 23.0 Å². The van der Waals surface area contributed by atoms with Crippen LogP contribution in [0.1, 0.15) is 17.5 Å². The van der Waals surface area contributed by atoms with E-state index in [1.165, 1.54) is 6.21 Å². The molecular formula is C26H25ClN2O6. The number of rotatable bonds is 9. The minimum absolute atomic E-state index is 0.246. The van der Waals surface area contributed by atoms with Gasteiger partial charge in [0.2, 0.25) is 0 Å². The number of benzene rings is 3. The average Bonchev–Trinajstić information content (AvgIpc) is 3.11. The number of nitrogens with one attached hydrogen (secondary N) is 1. The molecule has 0 atom stereocenters. The molecular weight excluding hydrogens is 472 g/mol. The highest BCUT2D eigenvalue weighted by Crippen LogP contribution is 2.32. The molecule has 1 N–H and O–H groups in total. The Morgan fingerprint density at radius 3 is 2.63 bits per heavy atom. The van der Waals surface area contributed by atoms with Gasteiger partial charge in [-0.2, -0.15) is 0 Å². The first-order valence-electron chi connectivity index (χ1n) is 11.0. The Kier molecular flexibility index (Phi) is 8.30. The number of amides is 1. The maximum absolute atomic E-state index is 12.2. The average molecular weight is 497 g/mol. The molecule has 0 unspecified atom stereocenters. The van der Waals surface area contributed by atoms with Crippen LogP contribution in [0.3, 0.4) is 0 Å². The van der Waals surface area contributed by atoms with E-state index in [9.17, 15) is 4.79 Å². The number of halogens is 1. The molecule has 0 saturated heterocycles. The highest BCUT2D eigenvalue weighted by atomic mass is 35.5. The summed E-state index contributed by atoms with van der Waals surface area (Å²) in [4.78, 5) is 17.3. The van der Waals surface area contributed by atoms with E-state index < -0.39 is 0 Å². The quantitative estimate of drug-likeness (QED) is 0.328. The zero-order valence-corrected chi connectivity index (χ0v) is 19.9. The molecule has 3 aromatic carbocycles. The van der Waals surface area contributed by atoms with Crippen LogP contribution >= 0.6 is 11.6 Å². The van der Waals surface area contributed by atoms with Crippen molar-refractivity contribution in [2.24, 2.45) is 5.16 Å². The molecule has 0 bridgehead atoms. The number of anilines is 1. The Balaban J connectivity index is 1.26. The van der Waals surface area contributed by atoms with E-state index in [2.05, 4.69) is 10.5 Å². The van der Waals surface area contributed by atoms with Crippen LogP contribution in [0.4, 0.5) is 5.69 Å². The number of nitrogens with zero attached hydrogens (tertiary/aromatic N) is 1. The van der Waals surface area contributed by atoms with Crippen molar-refractivity contribution in [3.8, 4) is 23.0 Å². The fraction of sp³-hybridized carbons (Fsp3) is 0.231. The van der Waals surface area contributed by atoms with Crippen molar-refractivity contribution < 1.29 is 28.6 Å². The third-order valence-electron chi connectivity index (χ3n) is 5.00. The van der Waals surface area contributed by atoms with Crippen LogP contribution in [-0.2, 0) is 16.2 Å². The maximum Gasteiger partial charge on any atom is 0.265 e. The molecule has 3 aromatic rings. The topological polar surface area (TPSA) is 87.6 Å². The minimum atomic E-state index is -0.347. The highest BCUT2D eigenvalue weighted by molar-refractivity contribution is 6.30. The summed E-state index contributed by atoms with van der Waals surface area (Å²) < 4.78 is 22.5. The van der Waals surface area contributed by atoms with Crippen LogP contribution < -0.4 is 24.3 Å². The number of hydrogen-bond donors (Lipinski definition) is 1. The molecule has 8 nitrogen and oxygen atoms in total. The van der Waals surface area contributed by atoms with Crippen molar-refractivity contribution in [3.05, 3.63) is 76.8 Å². The lowest BCUT2D eigenvalue weighted by molar-refractivity contribution is -0.120. The lowest BCUT2D eigenvalue weighted by atomic mass is 10.2. The number of fused-ring (bicyclic) bond motifs is 1. The third-order valence-corrected chi connectivity index (χ3v) is 5.25. The Bertz CT molecular complexity index is 1180. The minimum Gasteiger partial charge on any atom is -0.493 e. The van der Waals surface area contributed by atoms with E-state index in [1.807, 2.05) is 30.3 Å². The van der Waals surface area contributed by atoms with Crippen LogP contribution in [0, 0.1) is 0 Å². The van der Waals surface area contributed by atoms with Crippen LogP contribution in [0.2, 0.25) is 5.02 Å². The van der Waals surface area contributed by atoms with Crippen LogP contribution in [0.25, 0.3) is 0 Å². The summed E-state index contributed by atoms with van der Waals surface area (Å²) in [6.45, 7) is 1.31. The van der Waals surface area contributed by atoms with Gasteiger partial charge in [0, 0.05) is 28.8 Å². The lowest BCUT2D eigenvalue weighted by Gasteiger charge is -2.11. The molecule has 0 aliphatic carbocycles. The highest BCUT2D eigenvalue weighted by Gasteiger charge is 2.12. The monoisotopic (exact) mass is 496 g/mol. The molecule has 35 heavy (non-hydrogen) atoms. The Hall–Kier alpha value is -3.91. The fourth-order valence-electron chi connectivity index (χ4n) is 3.26. The molecule has 9 heteroatoms. The molecule has 1 heterocycles. The molecule has 1 amide bonds. The summed E-state index contributed by atoms with van der Waals surface area (Å²) in [5.41, 5.74) is 2.30. The number of hydrogen-bond acceptors (Lipinski definition) is 7. The van der Waals surface area contributed by atoms with Gasteiger partial charge in [0.25, 0.3) is 5.91 Å². The molecule has 0 radical (unpaired) electrons. The van der Waals surface area contributed by atoms with Crippen molar-refractivity contribution in [3.63, 3.8) is 0 Å². The first-order chi connectivity index (χ1) is 17.1. The van der Waals surface area contributed by atoms with Gasteiger partial charge in [0.1, 0.15) is 6.61 Å². The van der Waals surface area contributed by atoms with Crippen molar-refractivity contribution in [1.29, 1.82) is 0 Å². The summed E-state index contributed by atoms with van der Waals surface area (Å²) in [6, 6.07) is 18.0. The first-order valence-corrected chi connectivity index (χ1v) is 11.4. The molecule has 4 rings (SSSR count). The molecule has 1 aliphatic heterocycles. The lowest BCUT2D eigenvalue weighted by Crippen LogP contribution is -2.17. The van der Waals surface area contributed by atoms with Gasteiger partial charge in [-0.15, -0.1) is 0 Å². The van der Waals surface area contributed by atoms with Crippen LogP contribution in [0.15, 0.2) is 65.8 Å². The van der Waals surface area contributed by atoms with E-state index >= 15 is 0 Å². The van der Waals surface area contributed by atoms with Gasteiger partial charge in [-0.25, -0.2) is 0 Å². The van der Waals surface area contributed by atoms with Gasteiger partial charge in [0.15, 0.2) is 29.6 Å². The number of oxime groups is 1. The van der Waals surface area contributed by atoms with Crippen molar-refractivity contribution >= 4 is 29.4 Å². The second kappa shape index (κ2) is 12.0. The first kappa shape index (κ1) is 24.2. The summed E-state index contributed by atoms with van der Waals surface area (Å²) in [5, 5.41) is 7.30. The van der Waals surface area contributed by atoms with Gasteiger partial charge in [-0.3, -0.25) is 4.79 Å². The Morgan fingerprint density at radius 2 is 1.83 bits per heavy atom. The number of carbonyl (C=O) groups is 1. The van der Waals surface area contributed by atoms with Crippen LogP contribution in [-0.4, -0.2) is 39.1 Å². The standard InChI is InChI=1S/C26H25ClN2O6/c1-31-24-13-19(5-9-22(24)34-16-18-3-6-20(27)7-4-18)15-28-35-17-26(30)29-21-8-10-23-25(14-21)33-12-2-11-32-23/h3-10,13-15H,2,11-12,16-17H2,1H3,(H,29,30)/b28-15+. The number of methoxy groups -OCH3 is 1. The molecule has 0 spiro atoms. The van der Waals surface area contributed by atoms with E-state index in [0.717, 1.165) is 17.5 Å². The normalized spacial score (nSPS) is 12.6. The van der Waals surface area contributed by atoms with E-state index in [1.54, 1.807) is 37.4 Å². The second-order valence-corrected chi connectivity index (χ2v) is 8.03. The van der Waals surface area contributed by atoms with Gasteiger partial charge in [-0.05, 0) is 48.0 Å². The molecule has 0 fully saturated rings. The van der Waals surface area contributed by atoms with Gasteiger partial charge >= 0.3 is 0 Å². The summed E-state index contributed by atoms with van der Waals surface area (Å²) in [5.74, 6) is 2.07. The van der Waals surface area contributed by atoms with Crippen molar-refractivity contribution in [1.82, 2.24) is 0 Å². The number of ether oxygens (including phenoxy) is 4. The third kappa shape index (κ3) is 7.04. The SMILES string of the molecule is COc1cc(/C=N/OCC(=O)Nc2ccc3c(c2)OCCCO3)ccc1OCc1ccc(Cl)cc1. The molecule has 182 valence electrons. The second-order valence-electron chi connectivity index (χ2n) is 7.59. The summed E-state index contributed by atoms with van der Waals surface area (Å²) in [6.07, 6.45) is 2.31. The maximum atomic E-state index is 12.2. The summed E-state index contributed by atoms with van der Waals surface area (Å²) >= 11 is 5.91. The Labute approximate surface area is 208 Å². The van der Waals surface area contributed by atoms with Crippen molar-refractivity contribution in [2.45, 2.75) is 13.0 Å². The predicted molar refractivity (Wildman–Crippen MR) is 133 cm³/mol. The van der Waals surface area contributed by atoms with Gasteiger partial charge in [-0.1, -0.05) is 28.9 Å². The summed E-state index contributed by atoms with van der Waals surface area (Å²) in [7, 11) is 1.56. The van der Waals surface area contributed by atoms with Gasteiger partial charge < -0.3 is 29.1 Å². The number of carbonyl (C=O) groups excluding carboxylic acids is 1.